The molecule has 0 unspecified atom stereocenters. The molecule has 0 saturated carbocycles. The van der Waals surface area contributed by atoms with Crippen LogP contribution in [-0.2, 0) is 20.0 Å². The highest BCUT2D eigenvalue weighted by Gasteiger charge is 2.18. The minimum atomic E-state index is -0.00751. The first kappa shape index (κ1) is 16.5. The van der Waals surface area contributed by atoms with Gasteiger partial charge in [0, 0.05) is 19.2 Å². The second-order valence-corrected chi connectivity index (χ2v) is 7.58. The minimum Gasteiger partial charge on any atom is -0.290 e. The van der Waals surface area contributed by atoms with Crippen molar-refractivity contribution in [2.75, 3.05) is 0 Å². The zero-order valence-electron chi connectivity index (χ0n) is 15.1. The molecule has 3 rings (SSSR count). The van der Waals surface area contributed by atoms with Crippen molar-refractivity contribution in [1.29, 1.82) is 0 Å². The molecule has 2 heterocycles. The van der Waals surface area contributed by atoms with Crippen LogP contribution in [0.2, 0.25) is 0 Å². The van der Waals surface area contributed by atoms with Crippen LogP contribution in [0.3, 0.4) is 0 Å². The molecule has 0 fully saturated rings. The third-order valence-electron chi connectivity index (χ3n) is 4.24. The van der Waals surface area contributed by atoms with E-state index in [2.05, 4.69) is 52.0 Å². The van der Waals surface area contributed by atoms with E-state index in [0.29, 0.717) is 6.54 Å². The summed E-state index contributed by atoms with van der Waals surface area (Å²) in [6.07, 6.45) is 0.997. The summed E-state index contributed by atoms with van der Waals surface area (Å²) in [4.78, 5) is 17.4. The molecule has 0 aliphatic rings. The molecule has 0 saturated heterocycles. The third-order valence-corrected chi connectivity index (χ3v) is 4.24. The van der Waals surface area contributed by atoms with Crippen molar-refractivity contribution in [3.05, 3.63) is 52.4 Å². The lowest BCUT2D eigenvalue weighted by Crippen LogP contribution is -2.27. The predicted octanol–water partition coefficient (Wildman–Crippen LogP) is 4.01. The normalized spacial score (nSPS) is 12.0. The van der Waals surface area contributed by atoms with Gasteiger partial charge in [-0.25, -0.2) is 9.78 Å². The maximum Gasteiger partial charge on any atom is 0.330 e. The Balaban J connectivity index is 2.15. The molecule has 4 heteroatoms. The summed E-state index contributed by atoms with van der Waals surface area (Å²) in [5.74, 6) is 0. The fourth-order valence-electron chi connectivity index (χ4n) is 3.01. The summed E-state index contributed by atoms with van der Waals surface area (Å²) in [6.45, 7) is 9.23. The van der Waals surface area contributed by atoms with Crippen LogP contribution in [0.4, 0.5) is 0 Å². The molecule has 3 aromatic rings. The maximum atomic E-state index is 12.6. The fourth-order valence-corrected chi connectivity index (χ4v) is 3.01. The zero-order valence-corrected chi connectivity index (χ0v) is 15.1. The molecule has 0 aliphatic heterocycles. The molecule has 0 amide bonds. The van der Waals surface area contributed by atoms with Crippen molar-refractivity contribution in [3.63, 3.8) is 0 Å². The van der Waals surface area contributed by atoms with Crippen LogP contribution in [0.5, 0.6) is 0 Å². The van der Waals surface area contributed by atoms with Crippen molar-refractivity contribution in [1.82, 2.24) is 14.1 Å². The van der Waals surface area contributed by atoms with Crippen molar-refractivity contribution < 1.29 is 0 Å². The topological polar surface area (TPSA) is 39.8 Å². The van der Waals surface area contributed by atoms with Gasteiger partial charge >= 0.3 is 5.69 Å². The lowest BCUT2D eigenvalue weighted by Gasteiger charge is -2.18. The van der Waals surface area contributed by atoms with E-state index in [4.69, 9.17) is 4.98 Å². The van der Waals surface area contributed by atoms with Crippen LogP contribution in [0.15, 0.2) is 41.2 Å². The van der Waals surface area contributed by atoms with Crippen LogP contribution in [0, 0.1) is 5.41 Å². The van der Waals surface area contributed by atoms with Gasteiger partial charge in [0.2, 0.25) is 0 Å². The standard InChI is InChI=1S/C20H25N3O/c1-6-14-8-7-9-15(12-14)16-10-11-17-18(21-16)22(5)19(24)23(17)13-20(2,3)4/h7-12H,6,13H2,1-5H3. The number of hydrogen-bond acceptors (Lipinski definition) is 2. The Morgan fingerprint density at radius 3 is 2.54 bits per heavy atom. The van der Waals surface area contributed by atoms with Gasteiger partial charge < -0.3 is 0 Å². The molecule has 0 aliphatic carbocycles. The monoisotopic (exact) mass is 323 g/mol. The summed E-state index contributed by atoms with van der Waals surface area (Å²) >= 11 is 0. The SMILES string of the molecule is CCc1cccc(-c2ccc3c(n2)n(C)c(=O)n3CC(C)(C)C)c1. The number of hydrogen-bond donors (Lipinski definition) is 0. The second kappa shape index (κ2) is 5.93. The van der Waals surface area contributed by atoms with E-state index in [1.54, 1.807) is 11.6 Å². The van der Waals surface area contributed by atoms with Gasteiger partial charge in [0.25, 0.3) is 0 Å². The highest BCUT2D eigenvalue weighted by molar-refractivity contribution is 5.76. The molecular formula is C20H25N3O. The largest absolute Gasteiger partial charge is 0.330 e. The molecule has 1 aromatic carbocycles. The van der Waals surface area contributed by atoms with E-state index in [-0.39, 0.29) is 11.1 Å². The van der Waals surface area contributed by atoms with Gasteiger partial charge in [0.1, 0.15) is 0 Å². The fraction of sp³-hybridized carbons (Fsp3) is 0.400. The number of rotatable bonds is 3. The first-order valence-corrected chi connectivity index (χ1v) is 8.46. The molecule has 0 spiro atoms. The van der Waals surface area contributed by atoms with E-state index < -0.39 is 0 Å². The summed E-state index contributed by atoms with van der Waals surface area (Å²) in [5.41, 5.74) is 4.94. The smallest absolute Gasteiger partial charge is 0.290 e. The number of aromatic nitrogens is 3. The third kappa shape index (κ3) is 3.01. The van der Waals surface area contributed by atoms with E-state index in [0.717, 1.165) is 28.8 Å². The Morgan fingerprint density at radius 2 is 1.88 bits per heavy atom. The van der Waals surface area contributed by atoms with E-state index >= 15 is 0 Å². The van der Waals surface area contributed by atoms with Crippen molar-refractivity contribution in [3.8, 4) is 11.3 Å². The molecule has 0 bridgehead atoms. The van der Waals surface area contributed by atoms with E-state index in [1.165, 1.54) is 5.56 Å². The number of fused-ring (bicyclic) bond motifs is 1. The molecule has 0 radical (unpaired) electrons. The van der Waals surface area contributed by atoms with Crippen LogP contribution in [0.25, 0.3) is 22.4 Å². The average Bonchev–Trinajstić information content (AvgIpc) is 2.78. The van der Waals surface area contributed by atoms with Gasteiger partial charge in [-0.2, -0.15) is 0 Å². The molecule has 0 atom stereocenters. The molecule has 126 valence electrons. The lowest BCUT2D eigenvalue weighted by molar-refractivity contribution is 0.342. The molecular weight excluding hydrogens is 298 g/mol. The van der Waals surface area contributed by atoms with Gasteiger partial charge in [0.15, 0.2) is 5.65 Å². The quantitative estimate of drug-likeness (QED) is 0.730. The Labute approximate surface area is 142 Å². The minimum absolute atomic E-state index is 0.00751. The number of pyridine rings is 1. The first-order chi connectivity index (χ1) is 11.3. The van der Waals surface area contributed by atoms with Gasteiger partial charge in [-0.15, -0.1) is 0 Å². The molecule has 24 heavy (non-hydrogen) atoms. The Bertz CT molecular complexity index is 942. The van der Waals surface area contributed by atoms with Crippen LogP contribution in [0.1, 0.15) is 33.3 Å². The molecule has 4 nitrogen and oxygen atoms in total. The number of benzene rings is 1. The van der Waals surface area contributed by atoms with Crippen LogP contribution >= 0.6 is 0 Å². The molecule has 2 aromatic heterocycles. The predicted molar refractivity (Wildman–Crippen MR) is 99.2 cm³/mol. The second-order valence-electron chi connectivity index (χ2n) is 7.58. The summed E-state index contributed by atoms with van der Waals surface area (Å²) in [5, 5.41) is 0. The Morgan fingerprint density at radius 1 is 1.12 bits per heavy atom. The van der Waals surface area contributed by atoms with Gasteiger partial charge in [-0.05, 0) is 35.6 Å². The van der Waals surface area contributed by atoms with Gasteiger partial charge in [-0.3, -0.25) is 9.13 Å². The van der Waals surface area contributed by atoms with E-state index in [9.17, 15) is 4.79 Å². The Hall–Kier alpha value is -2.36. The van der Waals surface area contributed by atoms with Crippen molar-refractivity contribution in [2.24, 2.45) is 12.5 Å². The highest BCUT2D eigenvalue weighted by Crippen LogP contribution is 2.23. The highest BCUT2D eigenvalue weighted by atomic mass is 16.1. The van der Waals surface area contributed by atoms with Crippen LogP contribution in [-0.4, -0.2) is 14.1 Å². The average molecular weight is 323 g/mol. The van der Waals surface area contributed by atoms with Crippen molar-refractivity contribution >= 4 is 11.2 Å². The maximum absolute atomic E-state index is 12.6. The number of nitrogens with zero attached hydrogens (tertiary/aromatic N) is 3. The van der Waals surface area contributed by atoms with Gasteiger partial charge in [0.05, 0.1) is 11.2 Å². The van der Waals surface area contributed by atoms with Crippen LogP contribution < -0.4 is 5.69 Å². The van der Waals surface area contributed by atoms with E-state index in [1.807, 2.05) is 16.7 Å². The summed E-state index contributed by atoms with van der Waals surface area (Å²) in [6, 6.07) is 12.4. The number of imidazole rings is 1. The zero-order chi connectivity index (χ0) is 17.5. The Kier molecular flexibility index (Phi) is 4.08. The first-order valence-electron chi connectivity index (χ1n) is 8.46. The lowest BCUT2D eigenvalue weighted by atomic mass is 9.97. The van der Waals surface area contributed by atoms with Crippen molar-refractivity contribution in [2.45, 2.75) is 40.7 Å². The number of aryl methyl sites for hydroxylation is 2. The van der Waals surface area contributed by atoms with Gasteiger partial charge in [-0.1, -0.05) is 45.9 Å². The summed E-state index contributed by atoms with van der Waals surface area (Å²) < 4.78 is 3.48. The summed E-state index contributed by atoms with van der Waals surface area (Å²) in [7, 11) is 1.79. The molecule has 0 N–H and O–H groups in total.